The van der Waals surface area contributed by atoms with Gasteiger partial charge in [0.2, 0.25) is 0 Å². The Balaban J connectivity index is 2.25. The first-order valence-electron chi connectivity index (χ1n) is 6.30. The summed E-state index contributed by atoms with van der Waals surface area (Å²) in [7, 11) is 1.65. The molecule has 0 saturated heterocycles. The van der Waals surface area contributed by atoms with Crippen LogP contribution in [0.1, 0.15) is 16.8 Å². The predicted molar refractivity (Wildman–Crippen MR) is 88.2 cm³/mol. The minimum Gasteiger partial charge on any atom is -0.496 e. The Kier molecular flexibility index (Phi) is 4.96. The van der Waals surface area contributed by atoms with Crippen LogP contribution in [-0.4, -0.2) is 12.1 Å². The van der Waals surface area contributed by atoms with E-state index < -0.39 is 0 Å². The van der Waals surface area contributed by atoms with Gasteiger partial charge < -0.3 is 15.2 Å². The number of hydrogen-bond donors (Lipinski definition) is 1. The molecule has 0 bridgehead atoms. The van der Waals surface area contributed by atoms with Gasteiger partial charge in [0.1, 0.15) is 12.4 Å². The second-order valence-corrected chi connectivity index (χ2v) is 5.93. The third-order valence-electron chi connectivity index (χ3n) is 3.14. The van der Waals surface area contributed by atoms with Crippen molar-refractivity contribution in [3.8, 4) is 11.5 Å². The molecule has 0 amide bonds. The normalized spacial score (nSPS) is 10.5. The molecule has 2 N–H and O–H groups in total. The van der Waals surface area contributed by atoms with Gasteiger partial charge in [0.05, 0.1) is 23.0 Å². The molecule has 0 saturated carbocycles. The first kappa shape index (κ1) is 15.9. The van der Waals surface area contributed by atoms with Crippen molar-refractivity contribution < 1.29 is 9.47 Å². The lowest BCUT2D eigenvalue weighted by molar-refractivity contribution is 0.298. The van der Waals surface area contributed by atoms with Crippen LogP contribution in [0.25, 0.3) is 0 Å². The van der Waals surface area contributed by atoms with Crippen LogP contribution in [0, 0.1) is 13.8 Å². The van der Waals surface area contributed by atoms with E-state index in [2.05, 4.69) is 20.9 Å². The average molecular weight is 372 g/mol. The summed E-state index contributed by atoms with van der Waals surface area (Å²) in [6, 6.07) is 3.39. The highest BCUT2D eigenvalue weighted by Crippen LogP contribution is 2.35. The summed E-state index contributed by atoms with van der Waals surface area (Å²) in [5.41, 5.74) is 9.15. The van der Waals surface area contributed by atoms with E-state index in [0.29, 0.717) is 27.5 Å². The minimum atomic E-state index is 0.299. The zero-order valence-electron chi connectivity index (χ0n) is 12.0. The molecule has 0 aliphatic heterocycles. The van der Waals surface area contributed by atoms with E-state index in [1.807, 2.05) is 13.8 Å². The van der Waals surface area contributed by atoms with Crippen LogP contribution in [0.15, 0.2) is 22.8 Å². The number of anilines is 1. The average Bonchev–Trinajstić information content (AvgIpc) is 2.40. The molecular formula is C15H16BrClN2O2. The lowest BCUT2D eigenvalue weighted by atomic mass is 10.1. The number of hydrogen-bond acceptors (Lipinski definition) is 4. The molecule has 0 radical (unpaired) electrons. The highest BCUT2D eigenvalue weighted by Gasteiger charge is 2.12. The highest BCUT2D eigenvalue weighted by atomic mass is 79.9. The van der Waals surface area contributed by atoms with Crippen molar-refractivity contribution in [1.82, 2.24) is 4.98 Å². The van der Waals surface area contributed by atoms with Crippen LogP contribution in [0.4, 0.5) is 5.69 Å². The third-order valence-corrected chi connectivity index (χ3v) is 3.95. The number of benzene rings is 1. The number of nitrogens with zero attached hydrogens (tertiary/aromatic N) is 1. The highest BCUT2D eigenvalue weighted by molar-refractivity contribution is 9.10. The molecule has 2 rings (SSSR count). The van der Waals surface area contributed by atoms with E-state index >= 15 is 0 Å². The Bertz CT molecular complexity index is 654. The van der Waals surface area contributed by atoms with Gasteiger partial charge in [-0.15, -0.1) is 0 Å². The third kappa shape index (κ3) is 3.41. The molecule has 0 aliphatic carbocycles. The Morgan fingerprint density at radius 2 is 2.00 bits per heavy atom. The SMILES string of the molecule is COc1c(C)cnc(COc2c(N)cc(Cl)cc2Br)c1C. The Morgan fingerprint density at radius 3 is 2.62 bits per heavy atom. The van der Waals surface area contributed by atoms with Crippen molar-refractivity contribution in [2.45, 2.75) is 20.5 Å². The summed E-state index contributed by atoms with van der Waals surface area (Å²) in [4.78, 5) is 4.39. The molecule has 0 spiro atoms. The monoisotopic (exact) mass is 370 g/mol. The molecule has 112 valence electrons. The second-order valence-electron chi connectivity index (χ2n) is 4.64. The van der Waals surface area contributed by atoms with Gasteiger partial charge in [0.25, 0.3) is 0 Å². The fourth-order valence-corrected chi connectivity index (χ4v) is 3.04. The number of aryl methyl sites for hydroxylation is 1. The lowest BCUT2D eigenvalue weighted by Gasteiger charge is -2.14. The van der Waals surface area contributed by atoms with Crippen LogP contribution in [0.3, 0.4) is 0 Å². The Hall–Kier alpha value is -1.46. The summed E-state index contributed by atoms with van der Waals surface area (Å²) in [5.74, 6) is 1.38. The van der Waals surface area contributed by atoms with Crippen LogP contribution in [0.5, 0.6) is 11.5 Å². The van der Waals surface area contributed by atoms with Crippen LogP contribution in [0.2, 0.25) is 5.02 Å². The fourth-order valence-electron chi connectivity index (χ4n) is 2.09. The first-order valence-corrected chi connectivity index (χ1v) is 7.47. The molecule has 1 heterocycles. The van der Waals surface area contributed by atoms with Crippen LogP contribution >= 0.6 is 27.5 Å². The van der Waals surface area contributed by atoms with Crippen molar-refractivity contribution >= 4 is 33.2 Å². The molecule has 6 heteroatoms. The van der Waals surface area contributed by atoms with E-state index in [1.165, 1.54) is 0 Å². The summed E-state index contributed by atoms with van der Waals surface area (Å²) in [6.07, 6.45) is 1.77. The minimum absolute atomic E-state index is 0.299. The van der Waals surface area contributed by atoms with Crippen molar-refractivity contribution in [3.05, 3.63) is 44.6 Å². The number of nitrogen functional groups attached to an aromatic ring is 1. The van der Waals surface area contributed by atoms with E-state index in [4.69, 9.17) is 26.8 Å². The van der Waals surface area contributed by atoms with E-state index in [9.17, 15) is 0 Å². The van der Waals surface area contributed by atoms with Gasteiger partial charge >= 0.3 is 0 Å². The van der Waals surface area contributed by atoms with Crippen molar-refractivity contribution in [1.29, 1.82) is 0 Å². The zero-order chi connectivity index (χ0) is 15.6. The number of halogens is 2. The summed E-state index contributed by atoms with van der Waals surface area (Å²) in [6.45, 7) is 4.21. The van der Waals surface area contributed by atoms with E-state index in [1.54, 1.807) is 25.4 Å². The summed E-state index contributed by atoms with van der Waals surface area (Å²) >= 11 is 9.32. The van der Waals surface area contributed by atoms with Gasteiger partial charge in [0.15, 0.2) is 5.75 Å². The maximum atomic E-state index is 5.93. The molecule has 0 atom stereocenters. The summed E-state index contributed by atoms with van der Waals surface area (Å²) in [5, 5.41) is 0.554. The molecule has 21 heavy (non-hydrogen) atoms. The predicted octanol–water partition coefficient (Wildman–Crippen LogP) is 4.28. The molecule has 4 nitrogen and oxygen atoms in total. The fraction of sp³-hybridized carbons (Fsp3) is 0.267. The molecule has 1 aromatic heterocycles. The lowest BCUT2D eigenvalue weighted by Crippen LogP contribution is -2.05. The summed E-state index contributed by atoms with van der Waals surface area (Å²) < 4.78 is 11.9. The van der Waals surface area contributed by atoms with Crippen molar-refractivity contribution in [2.24, 2.45) is 0 Å². The quantitative estimate of drug-likeness (QED) is 0.815. The Labute approximate surface area is 137 Å². The molecule has 0 fully saturated rings. The van der Waals surface area contributed by atoms with Gasteiger partial charge in [-0.05, 0) is 41.9 Å². The number of rotatable bonds is 4. The number of aromatic nitrogens is 1. The van der Waals surface area contributed by atoms with Gasteiger partial charge in [-0.3, -0.25) is 4.98 Å². The van der Waals surface area contributed by atoms with Gasteiger partial charge in [0, 0.05) is 22.3 Å². The van der Waals surface area contributed by atoms with Gasteiger partial charge in [-0.1, -0.05) is 11.6 Å². The Morgan fingerprint density at radius 1 is 1.29 bits per heavy atom. The zero-order valence-corrected chi connectivity index (χ0v) is 14.4. The second kappa shape index (κ2) is 6.54. The molecular weight excluding hydrogens is 356 g/mol. The standard InChI is InChI=1S/C15H16BrClN2O2/c1-8-6-19-13(9(2)14(8)20-3)7-21-15-11(16)4-10(17)5-12(15)18/h4-6H,7,18H2,1-3H3. The van der Waals surface area contributed by atoms with Crippen LogP contribution < -0.4 is 15.2 Å². The molecule has 2 aromatic rings. The van der Waals surface area contributed by atoms with Gasteiger partial charge in [-0.2, -0.15) is 0 Å². The maximum absolute atomic E-state index is 5.93. The van der Waals surface area contributed by atoms with Crippen molar-refractivity contribution in [3.63, 3.8) is 0 Å². The smallest absolute Gasteiger partial charge is 0.157 e. The van der Waals surface area contributed by atoms with Gasteiger partial charge in [-0.25, -0.2) is 0 Å². The van der Waals surface area contributed by atoms with Crippen molar-refractivity contribution in [2.75, 3.05) is 12.8 Å². The maximum Gasteiger partial charge on any atom is 0.157 e. The number of methoxy groups -OCH3 is 1. The van der Waals surface area contributed by atoms with Crippen LogP contribution in [-0.2, 0) is 6.61 Å². The molecule has 0 unspecified atom stereocenters. The largest absolute Gasteiger partial charge is 0.496 e. The topological polar surface area (TPSA) is 57.4 Å². The number of pyridine rings is 1. The number of ether oxygens (including phenoxy) is 2. The molecule has 1 aromatic carbocycles. The molecule has 0 aliphatic rings. The first-order chi connectivity index (χ1) is 9.93. The van der Waals surface area contributed by atoms with E-state index in [-0.39, 0.29) is 0 Å². The van der Waals surface area contributed by atoms with E-state index in [0.717, 1.165) is 22.6 Å². The number of nitrogens with two attached hydrogens (primary N) is 1.